The van der Waals surface area contributed by atoms with Crippen molar-refractivity contribution >= 4 is 5.95 Å². The topological polar surface area (TPSA) is 64.7 Å². The molecule has 0 saturated heterocycles. The highest BCUT2D eigenvalue weighted by molar-refractivity contribution is 5.23. The van der Waals surface area contributed by atoms with Gasteiger partial charge in [0.05, 0.1) is 0 Å². The van der Waals surface area contributed by atoms with Gasteiger partial charge in [-0.25, -0.2) is 9.37 Å². The number of hydrogen-bond donors (Lipinski definition) is 1. The average Bonchev–Trinajstić information content (AvgIpc) is 2.28. The van der Waals surface area contributed by atoms with Crippen LogP contribution < -0.4 is 5.73 Å². The van der Waals surface area contributed by atoms with Crippen molar-refractivity contribution in [1.29, 1.82) is 0 Å². The van der Waals surface area contributed by atoms with Crippen LogP contribution in [0.1, 0.15) is 24.1 Å². The SMILES string of the molecule is CCc1nc(N)nc(Cc2cccc(F)c2)n1. The fourth-order valence-corrected chi connectivity index (χ4v) is 1.56. The molecule has 88 valence electrons. The van der Waals surface area contributed by atoms with E-state index < -0.39 is 0 Å². The molecule has 0 amide bonds. The molecule has 1 heterocycles. The van der Waals surface area contributed by atoms with E-state index in [2.05, 4.69) is 15.0 Å². The molecular formula is C12H13FN4. The summed E-state index contributed by atoms with van der Waals surface area (Å²) in [6.07, 6.45) is 1.15. The van der Waals surface area contributed by atoms with Gasteiger partial charge in [-0.3, -0.25) is 0 Å². The Balaban J connectivity index is 2.26. The van der Waals surface area contributed by atoms with Crippen molar-refractivity contribution in [2.24, 2.45) is 0 Å². The van der Waals surface area contributed by atoms with Crippen molar-refractivity contribution in [3.63, 3.8) is 0 Å². The summed E-state index contributed by atoms with van der Waals surface area (Å²) >= 11 is 0. The molecule has 2 rings (SSSR count). The summed E-state index contributed by atoms with van der Waals surface area (Å²) in [4.78, 5) is 12.3. The van der Waals surface area contributed by atoms with Crippen LogP contribution in [0.15, 0.2) is 24.3 Å². The van der Waals surface area contributed by atoms with Crippen LogP contribution in [0.4, 0.5) is 10.3 Å². The zero-order valence-electron chi connectivity index (χ0n) is 9.52. The smallest absolute Gasteiger partial charge is 0.223 e. The van der Waals surface area contributed by atoms with E-state index in [0.717, 1.165) is 5.56 Å². The van der Waals surface area contributed by atoms with E-state index in [1.54, 1.807) is 6.07 Å². The molecule has 2 N–H and O–H groups in total. The van der Waals surface area contributed by atoms with Gasteiger partial charge in [0.2, 0.25) is 5.95 Å². The van der Waals surface area contributed by atoms with Crippen molar-refractivity contribution in [2.75, 3.05) is 5.73 Å². The third kappa shape index (κ3) is 2.96. The number of nitrogen functional groups attached to an aromatic ring is 1. The lowest BCUT2D eigenvalue weighted by Gasteiger charge is -2.03. The predicted molar refractivity (Wildman–Crippen MR) is 62.8 cm³/mol. The van der Waals surface area contributed by atoms with Gasteiger partial charge in [0.15, 0.2) is 0 Å². The second kappa shape index (κ2) is 4.86. The van der Waals surface area contributed by atoms with Crippen LogP contribution in [0.2, 0.25) is 0 Å². The molecule has 0 aliphatic carbocycles. The summed E-state index contributed by atoms with van der Waals surface area (Å²) in [6.45, 7) is 1.95. The third-order valence-electron chi connectivity index (χ3n) is 2.31. The van der Waals surface area contributed by atoms with Gasteiger partial charge in [-0.1, -0.05) is 19.1 Å². The molecule has 0 bridgehead atoms. The standard InChI is InChI=1S/C12H13FN4/c1-2-10-15-11(17-12(14)16-10)7-8-4-3-5-9(13)6-8/h3-6H,2,7H2,1H3,(H2,14,15,16,17). The van der Waals surface area contributed by atoms with Gasteiger partial charge in [0, 0.05) is 12.8 Å². The number of rotatable bonds is 3. The first kappa shape index (κ1) is 11.4. The van der Waals surface area contributed by atoms with Crippen LogP contribution in [0.5, 0.6) is 0 Å². The Labute approximate surface area is 98.7 Å². The fourth-order valence-electron chi connectivity index (χ4n) is 1.56. The van der Waals surface area contributed by atoms with Gasteiger partial charge in [-0.2, -0.15) is 9.97 Å². The number of aryl methyl sites for hydroxylation is 1. The zero-order chi connectivity index (χ0) is 12.3. The monoisotopic (exact) mass is 232 g/mol. The van der Waals surface area contributed by atoms with Crippen molar-refractivity contribution in [3.05, 3.63) is 47.3 Å². The molecule has 4 nitrogen and oxygen atoms in total. The lowest BCUT2D eigenvalue weighted by atomic mass is 10.1. The fraction of sp³-hybridized carbons (Fsp3) is 0.250. The van der Waals surface area contributed by atoms with Crippen molar-refractivity contribution in [1.82, 2.24) is 15.0 Å². The van der Waals surface area contributed by atoms with E-state index in [1.807, 2.05) is 13.0 Å². The van der Waals surface area contributed by atoms with Crippen molar-refractivity contribution < 1.29 is 4.39 Å². The molecule has 0 atom stereocenters. The zero-order valence-corrected chi connectivity index (χ0v) is 9.52. The van der Waals surface area contributed by atoms with E-state index in [9.17, 15) is 4.39 Å². The van der Waals surface area contributed by atoms with E-state index >= 15 is 0 Å². The van der Waals surface area contributed by atoms with Gasteiger partial charge in [-0.15, -0.1) is 0 Å². The molecule has 0 radical (unpaired) electrons. The highest BCUT2D eigenvalue weighted by atomic mass is 19.1. The summed E-state index contributed by atoms with van der Waals surface area (Å²) in [7, 11) is 0. The van der Waals surface area contributed by atoms with E-state index in [4.69, 9.17) is 5.73 Å². The van der Waals surface area contributed by atoms with Gasteiger partial charge >= 0.3 is 0 Å². The van der Waals surface area contributed by atoms with Gasteiger partial charge in [0.25, 0.3) is 0 Å². The summed E-state index contributed by atoms with van der Waals surface area (Å²) in [5.41, 5.74) is 6.40. The Hall–Kier alpha value is -2.04. The average molecular weight is 232 g/mol. The molecule has 1 aromatic heterocycles. The minimum atomic E-state index is -0.264. The molecule has 0 aliphatic rings. The van der Waals surface area contributed by atoms with Gasteiger partial charge in [0.1, 0.15) is 17.5 Å². The molecule has 0 spiro atoms. The largest absolute Gasteiger partial charge is 0.368 e. The minimum absolute atomic E-state index is 0.211. The Morgan fingerprint density at radius 1 is 1.18 bits per heavy atom. The van der Waals surface area contributed by atoms with Gasteiger partial charge in [-0.05, 0) is 17.7 Å². The Morgan fingerprint density at radius 3 is 2.65 bits per heavy atom. The summed E-state index contributed by atoms with van der Waals surface area (Å²) < 4.78 is 13.0. The second-order valence-corrected chi connectivity index (χ2v) is 3.69. The maximum Gasteiger partial charge on any atom is 0.223 e. The van der Waals surface area contributed by atoms with E-state index in [-0.39, 0.29) is 11.8 Å². The lowest BCUT2D eigenvalue weighted by molar-refractivity contribution is 0.625. The number of aromatic nitrogens is 3. The van der Waals surface area contributed by atoms with Crippen molar-refractivity contribution in [2.45, 2.75) is 19.8 Å². The van der Waals surface area contributed by atoms with Crippen LogP contribution in [0.3, 0.4) is 0 Å². The first-order valence-corrected chi connectivity index (χ1v) is 5.41. The molecule has 0 fully saturated rings. The summed E-state index contributed by atoms with van der Waals surface area (Å²) in [5, 5.41) is 0. The maximum atomic E-state index is 13.0. The second-order valence-electron chi connectivity index (χ2n) is 3.69. The third-order valence-corrected chi connectivity index (χ3v) is 2.31. The molecule has 0 saturated carbocycles. The normalized spacial score (nSPS) is 10.5. The molecule has 0 unspecified atom stereocenters. The molecule has 17 heavy (non-hydrogen) atoms. The Kier molecular flexibility index (Phi) is 3.27. The van der Waals surface area contributed by atoms with Gasteiger partial charge < -0.3 is 5.73 Å². The van der Waals surface area contributed by atoms with Crippen LogP contribution in [0, 0.1) is 5.82 Å². The molecule has 5 heteroatoms. The summed E-state index contributed by atoms with van der Waals surface area (Å²) in [5.74, 6) is 1.17. The van der Waals surface area contributed by atoms with Crippen LogP contribution >= 0.6 is 0 Å². The van der Waals surface area contributed by atoms with Crippen LogP contribution in [-0.2, 0) is 12.8 Å². The number of halogens is 1. The van der Waals surface area contributed by atoms with Crippen LogP contribution in [0.25, 0.3) is 0 Å². The number of nitrogens with zero attached hydrogens (tertiary/aromatic N) is 3. The highest BCUT2D eigenvalue weighted by Gasteiger charge is 2.04. The number of benzene rings is 1. The first-order valence-electron chi connectivity index (χ1n) is 5.41. The maximum absolute atomic E-state index is 13.0. The molecule has 1 aromatic carbocycles. The quantitative estimate of drug-likeness (QED) is 0.875. The van der Waals surface area contributed by atoms with Crippen LogP contribution in [-0.4, -0.2) is 15.0 Å². The van der Waals surface area contributed by atoms with E-state index in [1.165, 1.54) is 12.1 Å². The lowest BCUT2D eigenvalue weighted by Crippen LogP contribution is -2.07. The highest BCUT2D eigenvalue weighted by Crippen LogP contribution is 2.09. The number of hydrogen-bond acceptors (Lipinski definition) is 4. The molecular weight excluding hydrogens is 219 g/mol. The Morgan fingerprint density at radius 2 is 1.94 bits per heavy atom. The number of anilines is 1. The predicted octanol–water partition coefficient (Wildman–Crippen LogP) is 1.75. The minimum Gasteiger partial charge on any atom is -0.368 e. The number of nitrogens with two attached hydrogens (primary N) is 1. The molecule has 2 aromatic rings. The summed E-state index contributed by atoms with van der Waals surface area (Å²) in [6, 6.07) is 6.36. The Bertz CT molecular complexity index is 528. The molecule has 0 aliphatic heterocycles. The first-order chi connectivity index (χ1) is 8.17. The van der Waals surface area contributed by atoms with Crippen molar-refractivity contribution in [3.8, 4) is 0 Å². The van der Waals surface area contributed by atoms with E-state index in [0.29, 0.717) is 24.5 Å².